The van der Waals surface area contributed by atoms with Gasteiger partial charge in [-0.25, -0.2) is 4.39 Å². The summed E-state index contributed by atoms with van der Waals surface area (Å²) in [4.78, 5) is 4.49. The van der Waals surface area contributed by atoms with Crippen molar-refractivity contribution in [3.05, 3.63) is 35.6 Å². The number of hydrogen-bond donors (Lipinski definition) is 2. The van der Waals surface area contributed by atoms with E-state index in [4.69, 9.17) is 9.47 Å². The predicted octanol–water partition coefficient (Wildman–Crippen LogP) is 2.12. The summed E-state index contributed by atoms with van der Waals surface area (Å²) in [7, 11) is 0. The van der Waals surface area contributed by atoms with E-state index in [0.717, 1.165) is 50.5 Å². The quantitative estimate of drug-likeness (QED) is 0.412. The van der Waals surface area contributed by atoms with Crippen molar-refractivity contribution in [2.24, 2.45) is 4.99 Å². The summed E-state index contributed by atoms with van der Waals surface area (Å²) in [6, 6.07) is 6.58. The number of benzene rings is 1. The van der Waals surface area contributed by atoms with E-state index in [2.05, 4.69) is 15.6 Å². The highest BCUT2D eigenvalue weighted by atomic mass is 19.1. The highest BCUT2D eigenvalue weighted by Crippen LogP contribution is 2.11. The van der Waals surface area contributed by atoms with Gasteiger partial charge in [0, 0.05) is 19.7 Å². The Morgan fingerprint density at radius 3 is 2.88 bits per heavy atom. The zero-order valence-electron chi connectivity index (χ0n) is 14.4. The molecule has 0 spiro atoms. The number of ether oxygens (including phenoxy) is 2. The normalized spacial score (nSPS) is 17.9. The summed E-state index contributed by atoms with van der Waals surface area (Å²) in [5, 5.41) is 6.49. The first-order valence-electron chi connectivity index (χ1n) is 8.74. The molecule has 24 heavy (non-hydrogen) atoms. The van der Waals surface area contributed by atoms with E-state index in [1.807, 2.05) is 6.92 Å². The average molecular weight is 337 g/mol. The summed E-state index contributed by atoms with van der Waals surface area (Å²) in [5.41, 5.74) is 1.10. The Labute approximate surface area is 143 Å². The van der Waals surface area contributed by atoms with Gasteiger partial charge in [-0.15, -0.1) is 0 Å². The molecule has 0 bridgehead atoms. The fourth-order valence-corrected chi connectivity index (χ4v) is 2.53. The molecule has 5 nitrogen and oxygen atoms in total. The van der Waals surface area contributed by atoms with Gasteiger partial charge >= 0.3 is 0 Å². The van der Waals surface area contributed by atoms with Gasteiger partial charge in [0.25, 0.3) is 0 Å². The first-order chi connectivity index (χ1) is 11.8. The Morgan fingerprint density at radius 2 is 2.17 bits per heavy atom. The largest absolute Gasteiger partial charge is 0.377 e. The van der Waals surface area contributed by atoms with E-state index in [9.17, 15) is 4.39 Å². The minimum atomic E-state index is -0.204. The van der Waals surface area contributed by atoms with Crippen LogP contribution in [-0.4, -0.2) is 51.5 Å². The molecule has 1 unspecified atom stereocenters. The van der Waals surface area contributed by atoms with Gasteiger partial charge < -0.3 is 20.1 Å². The Hall–Kier alpha value is -1.66. The monoisotopic (exact) mass is 337 g/mol. The molecule has 0 amide bonds. The van der Waals surface area contributed by atoms with Crippen LogP contribution in [-0.2, 0) is 15.9 Å². The Kier molecular flexibility index (Phi) is 8.55. The van der Waals surface area contributed by atoms with Crippen LogP contribution in [0.25, 0.3) is 0 Å². The van der Waals surface area contributed by atoms with Gasteiger partial charge in [0.1, 0.15) is 5.82 Å². The van der Waals surface area contributed by atoms with Crippen LogP contribution in [0.3, 0.4) is 0 Å². The van der Waals surface area contributed by atoms with Crippen LogP contribution in [0, 0.1) is 5.82 Å². The summed E-state index contributed by atoms with van der Waals surface area (Å²) in [6.07, 6.45) is 3.31. The minimum Gasteiger partial charge on any atom is -0.377 e. The number of hydrogen-bond acceptors (Lipinski definition) is 3. The molecule has 6 heteroatoms. The van der Waals surface area contributed by atoms with Crippen molar-refractivity contribution in [2.75, 3.05) is 39.5 Å². The molecule has 0 saturated carbocycles. The lowest BCUT2D eigenvalue weighted by Crippen LogP contribution is -2.38. The number of nitrogens with one attached hydrogen (secondary N) is 2. The highest BCUT2D eigenvalue weighted by Gasteiger charge is 2.14. The molecule has 1 aromatic rings. The maximum absolute atomic E-state index is 12.9. The zero-order valence-corrected chi connectivity index (χ0v) is 14.4. The Morgan fingerprint density at radius 1 is 1.33 bits per heavy atom. The first-order valence-corrected chi connectivity index (χ1v) is 8.74. The fraction of sp³-hybridized carbons (Fsp3) is 0.611. The second-order valence-electron chi connectivity index (χ2n) is 5.77. The average Bonchev–Trinajstić information content (AvgIpc) is 3.10. The summed E-state index contributed by atoms with van der Waals surface area (Å²) in [5.74, 6) is 0.574. The van der Waals surface area contributed by atoms with Gasteiger partial charge in [-0.2, -0.15) is 0 Å². The maximum atomic E-state index is 12.9. The molecule has 0 radical (unpaired) electrons. The number of aliphatic imine (C=N–C) groups is 1. The van der Waals surface area contributed by atoms with Crippen molar-refractivity contribution < 1.29 is 13.9 Å². The number of nitrogens with zero attached hydrogens (tertiary/aromatic N) is 1. The van der Waals surface area contributed by atoms with Crippen molar-refractivity contribution in [1.29, 1.82) is 0 Å². The minimum absolute atomic E-state index is 0.204. The molecule has 1 atom stereocenters. The predicted molar refractivity (Wildman–Crippen MR) is 93.9 cm³/mol. The molecule has 2 rings (SSSR count). The topological polar surface area (TPSA) is 54.9 Å². The molecule has 1 fully saturated rings. The summed E-state index contributed by atoms with van der Waals surface area (Å²) in [6.45, 7) is 6.30. The van der Waals surface area contributed by atoms with Gasteiger partial charge in [-0.1, -0.05) is 12.1 Å². The summed E-state index contributed by atoms with van der Waals surface area (Å²) < 4.78 is 24.0. The van der Waals surface area contributed by atoms with Crippen LogP contribution in [0.2, 0.25) is 0 Å². The van der Waals surface area contributed by atoms with Gasteiger partial charge in [0.2, 0.25) is 0 Å². The third-order valence-corrected chi connectivity index (χ3v) is 3.80. The molecule has 1 aliphatic heterocycles. The highest BCUT2D eigenvalue weighted by molar-refractivity contribution is 5.79. The van der Waals surface area contributed by atoms with Gasteiger partial charge in [0.15, 0.2) is 5.96 Å². The van der Waals surface area contributed by atoms with E-state index < -0.39 is 0 Å². The van der Waals surface area contributed by atoms with Crippen LogP contribution in [0.4, 0.5) is 4.39 Å². The molecule has 1 aromatic carbocycles. The van der Waals surface area contributed by atoms with E-state index in [-0.39, 0.29) is 11.9 Å². The van der Waals surface area contributed by atoms with Crippen molar-refractivity contribution in [3.8, 4) is 0 Å². The van der Waals surface area contributed by atoms with E-state index in [1.54, 1.807) is 12.1 Å². The van der Waals surface area contributed by atoms with Crippen molar-refractivity contribution >= 4 is 5.96 Å². The SMILES string of the molecule is CCNC(=NCCOCC1CCCO1)NCCc1ccc(F)cc1. The molecule has 0 aliphatic carbocycles. The number of guanidine groups is 1. The lowest BCUT2D eigenvalue weighted by molar-refractivity contribution is 0.0200. The van der Waals surface area contributed by atoms with Crippen molar-refractivity contribution in [1.82, 2.24) is 10.6 Å². The third-order valence-electron chi connectivity index (χ3n) is 3.80. The molecule has 2 N–H and O–H groups in total. The Balaban J connectivity index is 1.63. The standard InChI is InChI=1S/C18H28FN3O2/c1-2-20-18(21-10-9-15-5-7-16(19)8-6-15)22-11-13-23-14-17-4-3-12-24-17/h5-8,17H,2-4,9-14H2,1H3,(H2,20,21,22). The molecule has 1 heterocycles. The molecule has 1 saturated heterocycles. The second-order valence-corrected chi connectivity index (χ2v) is 5.77. The van der Waals surface area contributed by atoms with Gasteiger partial charge in [-0.05, 0) is 43.9 Å². The fourth-order valence-electron chi connectivity index (χ4n) is 2.53. The Bertz CT molecular complexity index is 488. The molecule has 0 aromatic heterocycles. The van der Waals surface area contributed by atoms with E-state index in [0.29, 0.717) is 19.8 Å². The second kappa shape index (κ2) is 11.0. The van der Waals surface area contributed by atoms with Gasteiger partial charge in [0.05, 0.1) is 25.9 Å². The number of rotatable bonds is 9. The number of halogens is 1. The van der Waals surface area contributed by atoms with Crippen molar-refractivity contribution in [3.63, 3.8) is 0 Å². The van der Waals surface area contributed by atoms with Crippen LogP contribution in [0.1, 0.15) is 25.3 Å². The van der Waals surface area contributed by atoms with Crippen LogP contribution >= 0.6 is 0 Å². The lowest BCUT2D eigenvalue weighted by Gasteiger charge is -2.12. The molecule has 1 aliphatic rings. The zero-order chi connectivity index (χ0) is 17.0. The van der Waals surface area contributed by atoms with E-state index >= 15 is 0 Å². The molecular weight excluding hydrogens is 309 g/mol. The van der Waals surface area contributed by atoms with Crippen LogP contribution < -0.4 is 10.6 Å². The lowest BCUT2D eigenvalue weighted by atomic mass is 10.1. The van der Waals surface area contributed by atoms with Crippen LogP contribution in [0.15, 0.2) is 29.3 Å². The van der Waals surface area contributed by atoms with Gasteiger partial charge in [-0.3, -0.25) is 4.99 Å². The first kappa shape index (κ1) is 18.7. The van der Waals surface area contributed by atoms with Crippen LogP contribution in [0.5, 0.6) is 0 Å². The smallest absolute Gasteiger partial charge is 0.191 e. The van der Waals surface area contributed by atoms with E-state index in [1.165, 1.54) is 12.1 Å². The third kappa shape index (κ3) is 7.27. The summed E-state index contributed by atoms with van der Waals surface area (Å²) >= 11 is 0. The molecule has 134 valence electrons. The van der Waals surface area contributed by atoms with Crippen molar-refractivity contribution in [2.45, 2.75) is 32.3 Å². The molecular formula is C18H28FN3O2. The maximum Gasteiger partial charge on any atom is 0.191 e.